The molecule has 0 aliphatic heterocycles. The number of hydrogen-bond donors (Lipinski definition) is 0. The Hall–Kier alpha value is -2.03. The Morgan fingerprint density at radius 1 is 1.06 bits per heavy atom. The van der Waals surface area contributed by atoms with Crippen molar-refractivity contribution in [1.82, 2.24) is 4.98 Å². The van der Waals surface area contributed by atoms with Crippen molar-refractivity contribution in [2.24, 2.45) is 0 Å². The first-order valence-electron chi connectivity index (χ1n) is 5.34. The summed E-state index contributed by atoms with van der Waals surface area (Å²) in [6.45, 7) is 1.54. The summed E-state index contributed by atoms with van der Waals surface area (Å²) in [6.07, 6.45) is 3.30. The summed E-state index contributed by atoms with van der Waals surface area (Å²) in [5, 5.41) is 0. The van der Waals surface area contributed by atoms with Crippen molar-refractivity contribution in [2.75, 3.05) is 0 Å². The van der Waals surface area contributed by atoms with Crippen LogP contribution in [0.2, 0.25) is 0 Å². The number of pyridine rings is 1. The zero-order valence-corrected chi connectivity index (χ0v) is 9.43. The molecule has 0 spiro atoms. The topological polar surface area (TPSA) is 30.0 Å². The fraction of sp³-hybridized carbons (Fsp3) is 0.143. The predicted molar refractivity (Wildman–Crippen MR) is 63.2 cm³/mol. The SMILES string of the molecule is CC(=O)C(c1ccncc1)c1ccc(F)cc1. The van der Waals surface area contributed by atoms with Gasteiger partial charge in [0.1, 0.15) is 11.6 Å². The monoisotopic (exact) mass is 229 g/mol. The summed E-state index contributed by atoms with van der Waals surface area (Å²) >= 11 is 0. The molecule has 1 aromatic carbocycles. The molecule has 1 unspecified atom stereocenters. The fourth-order valence-corrected chi connectivity index (χ4v) is 1.87. The zero-order chi connectivity index (χ0) is 12.3. The maximum atomic E-state index is 12.9. The fourth-order valence-electron chi connectivity index (χ4n) is 1.87. The highest BCUT2D eigenvalue weighted by atomic mass is 19.1. The lowest BCUT2D eigenvalue weighted by Gasteiger charge is -2.14. The summed E-state index contributed by atoms with van der Waals surface area (Å²) < 4.78 is 12.9. The van der Waals surface area contributed by atoms with Crippen LogP contribution in [0.4, 0.5) is 4.39 Å². The first-order valence-corrected chi connectivity index (χ1v) is 5.34. The van der Waals surface area contributed by atoms with E-state index in [1.807, 2.05) is 0 Å². The van der Waals surface area contributed by atoms with Gasteiger partial charge in [-0.3, -0.25) is 9.78 Å². The minimum Gasteiger partial charge on any atom is -0.299 e. The molecule has 1 aromatic heterocycles. The third kappa shape index (κ3) is 2.56. The second kappa shape index (κ2) is 4.87. The van der Waals surface area contributed by atoms with Crippen molar-refractivity contribution in [1.29, 1.82) is 0 Å². The van der Waals surface area contributed by atoms with E-state index in [9.17, 15) is 9.18 Å². The van der Waals surface area contributed by atoms with Gasteiger partial charge in [0.2, 0.25) is 0 Å². The van der Waals surface area contributed by atoms with E-state index in [1.54, 1.807) is 36.7 Å². The summed E-state index contributed by atoms with van der Waals surface area (Å²) in [4.78, 5) is 15.6. The zero-order valence-electron chi connectivity index (χ0n) is 9.43. The van der Waals surface area contributed by atoms with E-state index in [4.69, 9.17) is 0 Å². The van der Waals surface area contributed by atoms with E-state index in [2.05, 4.69) is 4.98 Å². The summed E-state index contributed by atoms with van der Waals surface area (Å²) in [5.74, 6) is -0.618. The molecule has 2 rings (SSSR count). The largest absolute Gasteiger partial charge is 0.299 e. The van der Waals surface area contributed by atoms with Crippen LogP contribution in [0.25, 0.3) is 0 Å². The van der Waals surface area contributed by atoms with Gasteiger partial charge in [0.25, 0.3) is 0 Å². The van der Waals surface area contributed by atoms with Crippen LogP contribution in [0.15, 0.2) is 48.8 Å². The summed E-state index contributed by atoms with van der Waals surface area (Å²) in [5.41, 5.74) is 1.67. The van der Waals surface area contributed by atoms with Gasteiger partial charge in [-0.2, -0.15) is 0 Å². The first-order chi connectivity index (χ1) is 8.18. The van der Waals surface area contributed by atoms with Crippen LogP contribution >= 0.6 is 0 Å². The number of ketones is 1. The Morgan fingerprint density at radius 3 is 2.12 bits per heavy atom. The Kier molecular flexibility index (Phi) is 3.28. The van der Waals surface area contributed by atoms with Crippen molar-refractivity contribution in [2.45, 2.75) is 12.8 Å². The molecule has 0 N–H and O–H groups in total. The predicted octanol–water partition coefficient (Wildman–Crippen LogP) is 2.94. The number of aromatic nitrogens is 1. The van der Waals surface area contributed by atoms with E-state index in [0.29, 0.717) is 0 Å². The number of rotatable bonds is 3. The van der Waals surface area contributed by atoms with Gasteiger partial charge < -0.3 is 0 Å². The van der Waals surface area contributed by atoms with Crippen LogP contribution in [0, 0.1) is 5.82 Å². The van der Waals surface area contributed by atoms with Gasteiger partial charge in [-0.25, -0.2) is 4.39 Å². The molecule has 0 bridgehead atoms. The van der Waals surface area contributed by atoms with Gasteiger partial charge in [0.15, 0.2) is 0 Å². The second-order valence-electron chi connectivity index (χ2n) is 3.88. The number of halogens is 1. The molecular formula is C14H12FNO. The Morgan fingerprint density at radius 2 is 1.59 bits per heavy atom. The molecule has 0 radical (unpaired) electrons. The lowest BCUT2D eigenvalue weighted by atomic mass is 9.89. The van der Waals surface area contributed by atoms with Gasteiger partial charge in [-0.15, -0.1) is 0 Å². The van der Waals surface area contributed by atoms with E-state index in [0.717, 1.165) is 11.1 Å². The number of hydrogen-bond acceptors (Lipinski definition) is 2. The van der Waals surface area contributed by atoms with Crippen LogP contribution in [0.5, 0.6) is 0 Å². The van der Waals surface area contributed by atoms with Gasteiger partial charge >= 0.3 is 0 Å². The van der Waals surface area contributed by atoms with Gasteiger partial charge in [-0.05, 0) is 42.3 Å². The third-order valence-corrected chi connectivity index (χ3v) is 2.65. The Balaban J connectivity index is 2.43. The van der Waals surface area contributed by atoms with E-state index >= 15 is 0 Å². The lowest BCUT2D eigenvalue weighted by molar-refractivity contribution is -0.117. The highest BCUT2D eigenvalue weighted by Gasteiger charge is 2.18. The van der Waals surface area contributed by atoms with Crippen molar-refractivity contribution in [3.8, 4) is 0 Å². The lowest BCUT2D eigenvalue weighted by Crippen LogP contribution is -2.10. The van der Waals surface area contributed by atoms with Gasteiger partial charge in [-0.1, -0.05) is 12.1 Å². The molecule has 1 atom stereocenters. The molecule has 0 saturated heterocycles. The average molecular weight is 229 g/mol. The maximum absolute atomic E-state index is 12.9. The molecule has 0 aliphatic carbocycles. The molecule has 0 aliphatic rings. The minimum atomic E-state index is -0.349. The maximum Gasteiger partial charge on any atom is 0.141 e. The van der Waals surface area contributed by atoms with Gasteiger partial charge in [0, 0.05) is 12.4 Å². The third-order valence-electron chi connectivity index (χ3n) is 2.65. The van der Waals surface area contributed by atoms with Crippen LogP contribution in [0.3, 0.4) is 0 Å². The second-order valence-corrected chi connectivity index (χ2v) is 3.88. The molecule has 1 heterocycles. The summed E-state index contributed by atoms with van der Waals surface area (Å²) in [6, 6.07) is 9.62. The first kappa shape index (κ1) is 11.5. The van der Waals surface area contributed by atoms with Crippen LogP contribution in [-0.2, 0) is 4.79 Å². The van der Waals surface area contributed by atoms with Crippen LogP contribution in [-0.4, -0.2) is 10.8 Å². The standard InChI is InChI=1S/C14H12FNO/c1-10(17)14(12-6-8-16-9-7-12)11-2-4-13(15)5-3-11/h2-9,14H,1H3. The Bertz CT molecular complexity index is 508. The highest BCUT2D eigenvalue weighted by molar-refractivity contribution is 5.86. The molecule has 2 nitrogen and oxygen atoms in total. The average Bonchev–Trinajstić information content (AvgIpc) is 2.33. The molecule has 0 saturated carbocycles. The van der Waals surface area contributed by atoms with Crippen molar-refractivity contribution in [3.63, 3.8) is 0 Å². The van der Waals surface area contributed by atoms with Gasteiger partial charge in [0.05, 0.1) is 5.92 Å². The number of benzene rings is 1. The number of Topliss-reactive ketones (excluding diaryl/α,β-unsaturated/α-hetero) is 1. The normalized spacial score (nSPS) is 12.1. The Labute approximate surface area is 99.1 Å². The molecule has 0 fully saturated rings. The molecule has 2 aromatic rings. The summed E-state index contributed by atoms with van der Waals surface area (Å²) in [7, 11) is 0. The van der Waals surface area contributed by atoms with Crippen molar-refractivity contribution < 1.29 is 9.18 Å². The molecule has 17 heavy (non-hydrogen) atoms. The smallest absolute Gasteiger partial charge is 0.141 e. The number of carbonyl (C=O) groups is 1. The van der Waals surface area contributed by atoms with E-state index < -0.39 is 0 Å². The number of nitrogens with zero attached hydrogens (tertiary/aromatic N) is 1. The van der Waals surface area contributed by atoms with E-state index in [-0.39, 0.29) is 17.5 Å². The molecule has 0 amide bonds. The molecule has 3 heteroatoms. The van der Waals surface area contributed by atoms with E-state index in [1.165, 1.54) is 19.1 Å². The molecule has 86 valence electrons. The van der Waals surface area contributed by atoms with Crippen molar-refractivity contribution >= 4 is 5.78 Å². The minimum absolute atomic E-state index is 0.0304. The highest BCUT2D eigenvalue weighted by Crippen LogP contribution is 2.25. The van der Waals surface area contributed by atoms with Crippen molar-refractivity contribution in [3.05, 3.63) is 65.7 Å². The number of carbonyl (C=O) groups excluding carboxylic acids is 1. The van der Waals surface area contributed by atoms with Crippen LogP contribution in [0.1, 0.15) is 24.0 Å². The quantitative estimate of drug-likeness (QED) is 0.810. The molecular weight excluding hydrogens is 217 g/mol. The van der Waals surface area contributed by atoms with Crippen LogP contribution < -0.4 is 0 Å².